The maximum Gasteiger partial charge on any atom is 0.323 e. The van der Waals surface area contributed by atoms with Crippen molar-refractivity contribution in [3.05, 3.63) is 55.6 Å². The Kier molecular flexibility index (Phi) is 3.27. The summed E-state index contributed by atoms with van der Waals surface area (Å²) in [5.41, 5.74) is 4.27. The molecule has 3 aromatic rings. The molecule has 5 heteroatoms. The fourth-order valence-corrected chi connectivity index (χ4v) is 4.97. The molecule has 0 saturated heterocycles. The van der Waals surface area contributed by atoms with Crippen molar-refractivity contribution in [1.29, 1.82) is 0 Å². The van der Waals surface area contributed by atoms with E-state index in [0.717, 1.165) is 11.0 Å². The number of alkyl halides is 1. The van der Waals surface area contributed by atoms with Gasteiger partial charge < -0.3 is 9.97 Å². The van der Waals surface area contributed by atoms with E-state index in [-0.39, 0.29) is 10.5 Å². The monoisotopic (exact) mass is 362 g/mol. The van der Waals surface area contributed by atoms with Crippen molar-refractivity contribution in [2.24, 2.45) is 0 Å². The SMILES string of the molecule is O=c1[nH]c2ccc(C(Br)c3cc4c(s3)CCCC4)cc2[nH]1. The molecule has 0 fully saturated rings. The number of imidazole rings is 1. The van der Waals surface area contributed by atoms with Gasteiger partial charge in [0.25, 0.3) is 0 Å². The third-order valence-corrected chi connectivity index (χ3v) is 6.73. The van der Waals surface area contributed by atoms with Crippen LogP contribution in [-0.4, -0.2) is 9.97 Å². The lowest BCUT2D eigenvalue weighted by atomic mass is 9.99. The van der Waals surface area contributed by atoms with Crippen molar-refractivity contribution in [3.63, 3.8) is 0 Å². The van der Waals surface area contributed by atoms with Crippen molar-refractivity contribution >= 4 is 38.3 Å². The van der Waals surface area contributed by atoms with E-state index >= 15 is 0 Å². The highest BCUT2D eigenvalue weighted by molar-refractivity contribution is 9.09. The maximum absolute atomic E-state index is 11.4. The van der Waals surface area contributed by atoms with Crippen molar-refractivity contribution < 1.29 is 0 Å². The summed E-state index contributed by atoms with van der Waals surface area (Å²) in [4.78, 5) is 20.1. The van der Waals surface area contributed by atoms with Crippen LogP contribution in [0.2, 0.25) is 0 Å². The number of aryl methyl sites for hydroxylation is 2. The largest absolute Gasteiger partial charge is 0.323 e. The van der Waals surface area contributed by atoms with Gasteiger partial charge in [0.15, 0.2) is 0 Å². The second kappa shape index (κ2) is 5.14. The lowest BCUT2D eigenvalue weighted by Crippen LogP contribution is -1.99. The van der Waals surface area contributed by atoms with Crippen LogP contribution in [0.4, 0.5) is 0 Å². The van der Waals surface area contributed by atoms with Gasteiger partial charge in [-0.25, -0.2) is 4.79 Å². The molecule has 1 aliphatic carbocycles. The summed E-state index contributed by atoms with van der Waals surface area (Å²) in [7, 11) is 0. The van der Waals surface area contributed by atoms with Gasteiger partial charge in [0.1, 0.15) is 0 Å². The number of benzene rings is 1. The third kappa shape index (κ3) is 2.38. The Hall–Kier alpha value is -1.33. The van der Waals surface area contributed by atoms with E-state index in [1.807, 2.05) is 23.5 Å². The molecule has 1 atom stereocenters. The highest BCUT2D eigenvalue weighted by Crippen LogP contribution is 2.39. The minimum atomic E-state index is -0.153. The fraction of sp³-hybridized carbons (Fsp3) is 0.312. The van der Waals surface area contributed by atoms with Gasteiger partial charge in [0, 0.05) is 9.75 Å². The van der Waals surface area contributed by atoms with E-state index < -0.39 is 0 Å². The molecule has 2 heterocycles. The molecule has 3 nitrogen and oxygen atoms in total. The summed E-state index contributed by atoms with van der Waals surface area (Å²) in [5, 5.41) is 0. The Morgan fingerprint density at radius 2 is 1.90 bits per heavy atom. The summed E-state index contributed by atoms with van der Waals surface area (Å²) >= 11 is 5.74. The highest BCUT2D eigenvalue weighted by Gasteiger charge is 2.19. The molecule has 0 aliphatic heterocycles. The zero-order chi connectivity index (χ0) is 14.4. The Bertz CT molecular complexity index is 837. The number of aromatic nitrogens is 2. The van der Waals surface area contributed by atoms with E-state index in [2.05, 4.69) is 38.0 Å². The van der Waals surface area contributed by atoms with Crippen LogP contribution in [0.3, 0.4) is 0 Å². The molecule has 1 aliphatic rings. The molecule has 0 bridgehead atoms. The molecular formula is C16H15BrN2OS. The number of fused-ring (bicyclic) bond motifs is 2. The number of hydrogen-bond donors (Lipinski definition) is 2. The zero-order valence-corrected chi connectivity index (χ0v) is 13.8. The number of aromatic amines is 2. The molecule has 1 aromatic carbocycles. The van der Waals surface area contributed by atoms with Crippen LogP contribution in [-0.2, 0) is 12.8 Å². The lowest BCUT2D eigenvalue weighted by molar-refractivity contribution is 0.697. The predicted molar refractivity (Wildman–Crippen MR) is 90.7 cm³/mol. The minimum Gasteiger partial charge on any atom is -0.306 e. The van der Waals surface area contributed by atoms with Gasteiger partial charge in [-0.1, -0.05) is 22.0 Å². The van der Waals surface area contributed by atoms with Crippen LogP contribution >= 0.6 is 27.3 Å². The Morgan fingerprint density at radius 3 is 2.76 bits per heavy atom. The van der Waals surface area contributed by atoms with E-state index in [4.69, 9.17) is 0 Å². The highest BCUT2D eigenvalue weighted by atomic mass is 79.9. The second-order valence-corrected chi connectivity index (χ2v) is 7.63. The predicted octanol–water partition coefficient (Wildman–Crippen LogP) is 4.28. The standard InChI is InChI=1S/C16H15BrN2OS/c17-15(14-8-9-3-1-2-4-13(9)21-14)10-5-6-11-12(7-10)19-16(20)18-11/h5-8,15H,1-4H2,(H2,18,19,20). The van der Waals surface area contributed by atoms with Gasteiger partial charge in [0.2, 0.25) is 0 Å². The van der Waals surface area contributed by atoms with Gasteiger partial charge in [0.05, 0.1) is 15.9 Å². The zero-order valence-electron chi connectivity index (χ0n) is 11.4. The van der Waals surface area contributed by atoms with Crippen LogP contribution in [0, 0.1) is 0 Å². The molecule has 2 N–H and O–H groups in total. The first-order chi connectivity index (χ1) is 10.2. The van der Waals surface area contributed by atoms with Crippen molar-refractivity contribution in [1.82, 2.24) is 9.97 Å². The molecule has 0 radical (unpaired) electrons. The number of rotatable bonds is 2. The van der Waals surface area contributed by atoms with Gasteiger partial charge in [-0.2, -0.15) is 0 Å². The molecule has 21 heavy (non-hydrogen) atoms. The van der Waals surface area contributed by atoms with Crippen molar-refractivity contribution in [2.75, 3.05) is 0 Å². The maximum atomic E-state index is 11.4. The first-order valence-corrected chi connectivity index (χ1v) is 8.91. The van der Waals surface area contributed by atoms with Crippen LogP contribution in [0.5, 0.6) is 0 Å². The van der Waals surface area contributed by atoms with E-state index in [9.17, 15) is 4.79 Å². The number of H-pyrrole nitrogens is 2. The molecule has 0 spiro atoms. The van der Waals surface area contributed by atoms with Gasteiger partial charge in [-0.15, -0.1) is 11.3 Å². The topological polar surface area (TPSA) is 48.6 Å². The van der Waals surface area contributed by atoms with Gasteiger partial charge in [-0.3, -0.25) is 0 Å². The summed E-state index contributed by atoms with van der Waals surface area (Å²) in [6.07, 6.45) is 5.07. The van der Waals surface area contributed by atoms with E-state index in [0.29, 0.717) is 0 Å². The third-order valence-electron chi connectivity index (χ3n) is 4.10. The number of nitrogens with one attached hydrogen (secondary N) is 2. The van der Waals surface area contributed by atoms with E-state index in [1.54, 1.807) is 4.88 Å². The molecule has 1 unspecified atom stereocenters. The summed E-state index contributed by atoms with van der Waals surface area (Å²) < 4.78 is 0. The molecule has 108 valence electrons. The van der Waals surface area contributed by atoms with Crippen LogP contribution in [0.1, 0.15) is 38.6 Å². The van der Waals surface area contributed by atoms with Crippen LogP contribution < -0.4 is 5.69 Å². The number of halogens is 1. The molecule has 0 saturated carbocycles. The van der Waals surface area contributed by atoms with Crippen LogP contribution in [0.15, 0.2) is 29.1 Å². The average molecular weight is 363 g/mol. The molecular weight excluding hydrogens is 348 g/mol. The normalized spacial score (nSPS) is 16.0. The van der Waals surface area contributed by atoms with Crippen LogP contribution in [0.25, 0.3) is 11.0 Å². The quantitative estimate of drug-likeness (QED) is 0.656. The smallest absolute Gasteiger partial charge is 0.306 e. The number of hydrogen-bond acceptors (Lipinski definition) is 2. The Labute approximate surface area is 134 Å². The molecule has 4 rings (SSSR count). The summed E-state index contributed by atoms with van der Waals surface area (Å²) in [5.74, 6) is 0. The van der Waals surface area contributed by atoms with Gasteiger partial charge >= 0.3 is 5.69 Å². The second-order valence-electron chi connectivity index (χ2n) is 5.55. The number of thiophene rings is 1. The minimum absolute atomic E-state index is 0.153. The molecule has 2 aromatic heterocycles. The Balaban J connectivity index is 1.73. The van der Waals surface area contributed by atoms with Crippen molar-refractivity contribution in [2.45, 2.75) is 30.5 Å². The van der Waals surface area contributed by atoms with Gasteiger partial charge in [-0.05, 0) is 55.0 Å². The van der Waals surface area contributed by atoms with Crippen molar-refractivity contribution in [3.8, 4) is 0 Å². The molecule has 0 amide bonds. The first-order valence-electron chi connectivity index (χ1n) is 7.18. The summed E-state index contributed by atoms with van der Waals surface area (Å²) in [6.45, 7) is 0. The summed E-state index contributed by atoms with van der Waals surface area (Å²) in [6, 6.07) is 8.43. The fourth-order valence-electron chi connectivity index (χ4n) is 3.01. The first kappa shape index (κ1) is 13.3. The lowest BCUT2D eigenvalue weighted by Gasteiger charge is -2.08. The Morgan fingerprint density at radius 1 is 1.10 bits per heavy atom. The van der Waals surface area contributed by atoms with E-state index in [1.165, 1.54) is 41.7 Å². The average Bonchev–Trinajstić information content (AvgIpc) is 3.07.